The van der Waals surface area contributed by atoms with Crippen molar-refractivity contribution in [3.8, 4) is 17.1 Å². The molecule has 0 spiro atoms. The van der Waals surface area contributed by atoms with E-state index in [1.807, 2.05) is 41.3 Å². The van der Waals surface area contributed by atoms with Gasteiger partial charge in [0, 0.05) is 24.3 Å². The number of amides is 1. The molecule has 0 radical (unpaired) electrons. The van der Waals surface area contributed by atoms with E-state index in [1.165, 1.54) is 11.3 Å². The van der Waals surface area contributed by atoms with Crippen LogP contribution in [0.5, 0.6) is 5.75 Å². The number of carbonyl (C=O) groups excluding carboxylic acids is 1. The number of nitrogens with zero attached hydrogens (tertiary/aromatic N) is 3. The molecule has 2 aromatic carbocycles. The van der Waals surface area contributed by atoms with Gasteiger partial charge in [-0.25, -0.2) is 0 Å². The van der Waals surface area contributed by atoms with Gasteiger partial charge in [-0.05, 0) is 61.6 Å². The van der Waals surface area contributed by atoms with Gasteiger partial charge in [0.25, 0.3) is 5.91 Å². The van der Waals surface area contributed by atoms with Crippen LogP contribution in [0, 0.1) is 0 Å². The Balaban J connectivity index is 1.31. The fourth-order valence-corrected chi connectivity index (χ4v) is 4.16. The average molecular weight is 404 g/mol. The van der Waals surface area contributed by atoms with Crippen molar-refractivity contribution in [3.05, 3.63) is 60.0 Å². The van der Waals surface area contributed by atoms with Crippen LogP contribution in [0.25, 0.3) is 11.4 Å². The van der Waals surface area contributed by atoms with Gasteiger partial charge in [-0.3, -0.25) is 4.79 Å². The molecule has 1 atom stereocenters. The van der Waals surface area contributed by atoms with E-state index >= 15 is 0 Å². The van der Waals surface area contributed by atoms with E-state index in [4.69, 9.17) is 9.26 Å². The molecule has 0 bridgehead atoms. The van der Waals surface area contributed by atoms with Gasteiger partial charge in [0.2, 0.25) is 11.7 Å². The number of fused-ring (bicyclic) bond motifs is 1. The van der Waals surface area contributed by atoms with E-state index in [1.54, 1.807) is 0 Å². The predicted octanol–water partition coefficient (Wildman–Crippen LogP) is 3.84. The summed E-state index contributed by atoms with van der Waals surface area (Å²) in [4.78, 5) is 19.3. The Morgan fingerprint density at radius 3 is 3.00 bits per heavy atom. The fraction of sp³-hybridized carbons (Fsp3) is 0.348. The van der Waals surface area contributed by atoms with Crippen molar-refractivity contribution in [3.63, 3.8) is 0 Å². The first-order valence-electron chi connectivity index (χ1n) is 10.5. The molecule has 2 aliphatic rings. The summed E-state index contributed by atoms with van der Waals surface area (Å²) in [5, 5.41) is 7.56. The SMILES string of the molecule is O=C(COc1ccccc1)N1CCCC[C@@H]1c1nc(-c2ccc3c(c2)CCN3)no1. The first-order valence-corrected chi connectivity index (χ1v) is 10.5. The van der Waals surface area contributed by atoms with Crippen LogP contribution >= 0.6 is 0 Å². The van der Waals surface area contributed by atoms with Crippen molar-refractivity contribution in [1.29, 1.82) is 0 Å². The zero-order valence-corrected chi connectivity index (χ0v) is 16.7. The lowest BCUT2D eigenvalue weighted by molar-refractivity contribution is -0.138. The third-order valence-corrected chi connectivity index (χ3v) is 5.73. The molecule has 1 fully saturated rings. The topological polar surface area (TPSA) is 80.5 Å². The maximum Gasteiger partial charge on any atom is 0.261 e. The number of aromatic nitrogens is 2. The lowest BCUT2D eigenvalue weighted by Gasteiger charge is -2.33. The van der Waals surface area contributed by atoms with Crippen LogP contribution in [0.2, 0.25) is 0 Å². The molecule has 3 aromatic rings. The lowest BCUT2D eigenvalue weighted by Crippen LogP contribution is -2.41. The molecule has 154 valence electrons. The lowest BCUT2D eigenvalue weighted by atomic mass is 10.0. The molecule has 3 heterocycles. The summed E-state index contributed by atoms with van der Waals surface area (Å²) in [6.45, 7) is 1.63. The minimum Gasteiger partial charge on any atom is -0.484 e. The van der Waals surface area contributed by atoms with E-state index in [0.29, 0.717) is 24.0 Å². The minimum absolute atomic E-state index is 0.000665. The molecule has 7 nitrogen and oxygen atoms in total. The number of benzene rings is 2. The van der Waals surface area contributed by atoms with Crippen LogP contribution in [-0.4, -0.2) is 40.6 Å². The van der Waals surface area contributed by atoms with Crippen LogP contribution < -0.4 is 10.1 Å². The first-order chi connectivity index (χ1) is 14.8. The van der Waals surface area contributed by atoms with Crippen LogP contribution in [0.15, 0.2) is 53.1 Å². The molecule has 7 heteroatoms. The number of likely N-dealkylation sites (tertiary alicyclic amines) is 1. The molecule has 1 saturated heterocycles. The number of carbonyl (C=O) groups is 1. The number of piperidine rings is 1. The Labute approximate surface area is 175 Å². The van der Waals surface area contributed by atoms with Gasteiger partial charge in [-0.1, -0.05) is 23.4 Å². The minimum atomic E-state index is -0.206. The molecule has 0 aliphatic carbocycles. The van der Waals surface area contributed by atoms with E-state index in [2.05, 4.69) is 27.6 Å². The number of ether oxygens (including phenoxy) is 1. The second-order valence-corrected chi connectivity index (χ2v) is 7.71. The smallest absolute Gasteiger partial charge is 0.261 e. The summed E-state index contributed by atoms with van der Waals surface area (Å²) in [7, 11) is 0. The van der Waals surface area contributed by atoms with Crippen molar-refractivity contribution in [2.45, 2.75) is 31.7 Å². The maximum absolute atomic E-state index is 12.9. The molecule has 0 unspecified atom stereocenters. The number of para-hydroxylation sites is 1. The summed E-state index contributed by atoms with van der Waals surface area (Å²) < 4.78 is 11.3. The largest absolute Gasteiger partial charge is 0.484 e. The monoisotopic (exact) mass is 404 g/mol. The van der Waals surface area contributed by atoms with Crippen molar-refractivity contribution < 1.29 is 14.1 Å². The molecule has 2 aliphatic heterocycles. The highest BCUT2D eigenvalue weighted by Gasteiger charge is 2.32. The second kappa shape index (κ2) is 8.18. The Kier molecular flexibility index (Phi) is 5.09. The number of nitrogens with one attached hydrogen (secondary N) is 1. The molecular formula is C23H24N4O3. The van der Waals surface area contributed by atoms with Gasteiger partial charge >= 0.3 is 0 Å². The fourth-order valence-electron chi connectivity index (χ4n) is 4.16. The van der Waals surface area contributed by atoms with E-state index in [-0.39, 0.29) is 18.6 Å². The summed E-state index contributed by atoms with van der Waals surface area (Å²) in [6.07, 6.45) is 3.80. The average Bonchev–Trinajstić information content (AvgIpc) is 3.47. The molecular weight excluding hydrogens is 380 g/mol. The molecule has 1 aromatic heterocycles. The third-order valence-electron chi connectivity index (χ3n) is 5.73. The highest BCUT2D eigenvalue weighted by molar-refractivity contribution is 5.78. The summed E-state index contributed by atoms with van der Waals surface area (Å²) >= 11 is 0. The highest BCUT2D eigenvalue weighted by atomic mass is 16.5. The van der Waals surface area contributed by atoms with Crippen LogP contribution in [0.1, 0.15) is 36.8 Å². The van der Waals surface area contributed by atoms with E-state index in [9.17, 15) is 4.79 Å². The van der Waals surface area contributed by atoms with Crippen molar-refractivity contribution in [2.24, 2.45) is 0 Å². The standard InChI is InChI=1S/C23H24N4O3/c28-21(15-29-18-6-2-1-3-7-18)27-13-5-4-8-20(27)23-25-22(26-30-23)17-9-10-19-16(14-17)11-12-24-19/h1-3,6-7,9-10,14,20,24H,4-5,8,11-13,15H2/t20-/m1/s1. The molecule has 1 amide bonds. The first kappa shape index (κ1) is 18.7. The Hall–Kier alpha value is -3.35. The van der Waals surface area contributed by atoms with Gasteiger partial charge < -0.3 is 19.5 Å². The summed E-state index contributed by atoms with van der Waals surface area (Å²) in [5.74, 6) is 1.69. The van der Waals surface area contributed by atoms with Crippen LogP contribution in [-0.2, 0) is 11.2 Å². The highest BCUT2D eigenvalue weighted by Crippen LogP contribution is 2.32. The predicted molar refractivity (Wildman–Crippen MR) is 112 cm³/mol. The second-order valence-electron chi connectivity index (χ2n) is 7.71. The van der Waals surface area contributed by atoms with E-state index in [0.717, 1.165) is 37.8 Å². The van der Waals surface area contributed by atoms with Crippen molar-refractivity contribution in [1.82, 2.24) is 15.0 Å². The van der Waals surface area contributed by atoms with Crippen LogP contribution in [0.3, 0.4) is 0 Å². The quantitative estimate of drug-likeness (QED) is 0.696. The van der Waals surface area contributed by atoms with Gasteiger partial charge in [-0.2, -0.15) is 4.98 Å². The Morgan fingerprint density at radius 1 is 1.20 bits per heavy atom. The Bertz CT molecular complexity index is 1030. The number of hydrogen-bond acceptors (Lipinski definition) is 6. The maximum atomic E-state index is 12.9. The zero-order chi connectivity index (χ0) is 20.3. The number of anilines is 1. The van der Waals surface area contributed by atoms with Gasteiger partial charge in [0.1, 0.15) is 11.8 Å². The normalized spacial score (nSPS) is 18.0. The van der Waals surface area contributed by atoms with Crippen molar-refractivity contribution >= 4 is 11.6 Å². The zero-order valence-electron chi connectivity index (χ0n) is 16.7. The molecule has 1 N–H and O–H groups in total. The van der Waals surface area contributed by atoms with Crippen molar-refractivity contribution in [2.75, 3.05) is 25.0 Å². The number of rotatable bonds is 5. The summed E-state index contributed by atoms with van der Waals surface area (Å²) in [6, 6.07) is 15.4. The molecule has 30 heavy (non-hydrogen) atoms. The number of hydrogen-bond donors (Lipinski definition) is 1. The Morgan fingerprint density at radius 2 is 2.10 bits per heavy atom. The van der Waals surface area contributed by atoms with Crippen LogP contribution in [0.4, 0.5) is 5.69 Å². The molecule has 0 saturated carbocycles. The van der Waals surface area contributed by atoms with Gasteiger partial charge in [0.15, 0.2) is 6.61 Å². The molecule has 5 rings (SSSR count). The van der Waals surface area contributed by atoms with Gasteiger partial charge in [0.05, 0.1) is 0 Å². The van der Waals surface area contributed by atoms with E-state index < -0.39 is 0 Å². The summed E-state index contributed by atoms with van der Waals surface area (Å²) in [5.41, 5.74) is 3.38. The van der Waals surface area contributed by atoms with Gasteiger partial charge in [-0.15, -0.1) is 0 Å². The third kappa shape index (κ3) is 3.75.